The van der Waals surface area contributed by atoms with E-state index in [9.17, 15) is 0 Å². The standard InChI is InChI=1S/C9H14N2OS/c10-6-8-7-11(3-4-12-8)9-2-1-5-13-9/h1-2,5,8H,3-4,6-7,10H2. The molecule has 72 valence electrons. The number of thiophene rings is 1. The van der Waals surface area contributed by atoms with Crippen LogP contribution in [0.15, 0.2) is 17.5 Å². The molecule has 1 saturated heterocycles. The molecule has 2 rings (SSSR count). The van der Waals surface area contributed by atoms with E-state index in [1.165, 1.54) is 5.00 Å². The van der Waals surface area contributed by atoms with E-state index < -0.39 is 0 Å². The molecule has 2 N–H and O–H groups in total. The third kappa shape index (κ3) is 2.02. The van der Waals surface area contributed by atoms with E-state index in [1.54, 1.807) is 11.3 Å². The Kier molecular flexibility index (Phi) is 2.83. The summed E-state index contributed by atoms with van der Waals surface area (Å²) in [6.07, 6.45) is 0.204. The van der Waals surface area contributed by atoms with Crippen molar-refractivity contribution in [2.75, 3.05) is 31.1 Å². The molecule has 1 unspecified atom stereocenters. The molecule has 0 bridgehead atoms. The highest BCUT2D eigenvalue weighted by Gasteiger charge is 2.19. The number of rotatable bonds is 2. The van der Waals surface area contributed by atoms with Crippen LogP contribution in [0.1, 0.15) is 0 Å². The van der Waals surface area contributed by atoms with Gasteiger partial charge < -0.3 is 15.4 Å². The molecular weight excluding hydrogens is 184 g/mol. The molecule has 0 radical (unpaired) electrons. The average Bonchev–Trinajstić information content (AvgIpc) is 2.71. The van der Waals surface area contributed by atoms with E-state index in [0.717, 1.165) is 19.7 Å². The molecule has 1 atom stereocenters. The van der Waals surface area contributed by atoms with Crippen LogP contribution in [-0.4, -0.2) is 32.3 Å². The van der Waals surface area contributed by atoms with Gasteiger partial charge in [-0.2, -0.15) is 0 Å². The summed E-state index contributed by atoms with van der Waals surface area (Å²) in [6, 6.07) is 4.22. The predicted octanol–water partition coefficient (Wildman–Crippen LogP) is 0.912. The van der Waals surface area contributed by atoms with Gasteiger partial charge in [0.15, 0.2) is 0 Å². The Morgan fingerprint density at radius 3 is 3.31 bits per heavy atom. The molecular formula is C9H14N2OS. The van der Waals surface area contributed by atoms with Gasteiger partial charge in [0.2, 0.25) is 0 Å². The summed E-state index contributed by atoms with van der Waals surface area (Å²) in [5.74, 6) is 0. The molecule has 1 aromatic heterocycles. The Hall–Kier alpha value is -0.580. The minimum absolute atomic E-state index is 0.204. The lowest BCUT2D eigenvalue weighted by molar-refractivity contribution is 0.0468. The molecule has 13 heavy (non-hydrogen) atoms. The van der Waals surface area contributed by atoms with Gasteiger partial charge in [-0.3, -0.25) is 0 Å². The number of morpholine rings is 1. The molecule has 0 aliphatic carbocycles. The van der Waals surface area contributed by atoms with Crippen LogP contribution in [0.4, 0.5) is 5.00 Å². The first-order valence-corrected chi connectivity index (χ1v) is 5.38. The molecule has 1 aliphatic rings. The van der Waals surface area contributed by atoms with E-state index in [2.05, 4.69) is 22.4 Å². The van der Waals surface area contributed by atoms with Crippen molar-refractivity contribution in [3.8, 4) is 0 Å². The fourth-order valence-corrected chi connectivity index (χ4v) is 2.28. The van der Waals surface area contributed by atoms with E-state index >= 15 is 0 Å². The maximum absolute atomic E-state index is 5.57. The normalized spacial score (nSPS) is 23.5. The topological polar surface area (TPSA) is 38.5 Å². The summed E-state index contributed by atoms with van der Waals surface area (Å²) in [5.41, 5.74) is 5.57. The second-order valence-corrected chi connectivity index (χ2v) is 4.05. The molecule has 0 spiro atoms. The molecule has 0 amide bonds. The van der Waals surface area contributed by atoms with Crippen LogP contribution in [0.25, 0.3) is 0 Å². The van der Waals surface area contributed by atoms with Crippen molar-refractivity contribution < 1.29 is 4.74 Å². The molecule has 1 aromatic rings. The van der Waals surface area contributed by atoms with E-state index in [1.807, 2.05) is 0 Å². The number of nitrogens with two attached hydrogens (primary N) is 1. The highest BCUT2D eigenvalue weighted by molar-refractivity contribution is 7.14. The minimum atomic E-state index is 0.204. The Balaban J connectivity index is 2.00. The smallest absolute Gasteiger partial charge is 0.0910 e. The first-order chi connectivity index (χ1) is 6.40. The predicted molar refractivity (Wildman–Crippen MR) is 55.3 cm³/mol. The van der Waals surface area contributed by atoms with Gasteiger partial charge in [-0.05, 0) is 17.5 Å². The Morgan fingerprint density at radius 1 is 1.69 bits per heavy atom. The highest BCUT2D eigenvalue weighted by atomic mass is 32.1. The zero-order valence-corrected chi connectivity index (χ0v) is 8.30. The van der Waals surface area contributed by atoms with Gasteiger partial charge in [-0.25, -0.2) is 0 Å². The molecule has 1 aliphatic heterocycles. The Bertz CT molecular complexity index is 250. The van der Waals surface area contributed by atoms with Crippen molar-refractivity contribution in [1.82, 2.24) is 0 Å². The largest absolute Gasteiger partial charge is 0.373 e. The number of nitrogens with zero attached hydrogens (tertiary/aromatic N) is 1. The summed E-state index contributed by atoms with van der Waals surface area (Å²) < 4.78 is 5.49. The first-order valence-electron chi connectivity index (χ1n) is 4.50. The van der Waals surface area contributed by atoms with Gasteiger partial charge in [-0.15, -0.1) is 11.3 Å². The quantitative estimate of drug-likeness (QED) is 0.767. The molecule has 2 heterocycles. The van der Waals surface area contributed by atoms with Crippen LogP contribution in [-0.2, 0) is 4.74 Å². The number of anilines is 1. The monoisotopic (exact) mass is 198 g/mol. The zero-order chi connectivity index (χ0) is 9.10. The maximum Gasteiger partial charge on any atom is 0.0910 e. The SMILES string of the molecule is NCC1CN(c2cccs2)CCO1. The van der Waals surface area contributed by atoms with Crippen molar-refractivity contribution in [3.05, 3.63) is 17.5 Å². The molecule has 3 nitrogen and oxygen atoms in total. The Labute approximate surface area is 82.1 Å². The van der Waals surface area contributed by atoms with Crippen molar-refractivity contribution in [3.63, 3.8) is 0 Å². The summed E-state index contributed by atoms with van der Waals surface area (Å²) in [5, 5.41) is 3.42. The lowest BCUT2D eigenvalue weighted by Gasteiger charge is -2.32. The van der Waals surface area contributed by atoms with Gasteiger partial charge in [0.05, 0.1) is 17.7 Å². The van der Waals surface area contributed by atoms with Crippen LogP contribution in [0.2, 0.25) is 0 Å². The number of hydrogen-bond donors (Lipinski definition) is 1. The molecule has 1 fully saturated rings. The van der Waals surface area contributed by atoms with Crippen molar-refractivity contribution in [1.29, 1.82) is 0 Å². The van der Waals surface area contributed by atoms with Gasteiger partial charge in [0.25, 0.3) is 0 Å². The minimum Gasteiger partial charge on any atom is -0.373 e. The fourth-order valence-electron chi connectivity index (χ4n) is 1.51. The third-order valence-electron chi connectivity index (χ3n) is 2.22. The summed E-state index contributed by atoms with van der Waals surface area (Å²) in [4.78, 5) is 2.34. The number of ether oxygens (including phenoxy) is 1. The zero-order valence-electron chi connectivity index (χ0n) is 7.48. The molecule has 4 heteroatoms. The van der Waals surface area contributed by atoms with Crippen molar-refractivity contribution in [2.24, 2.45) is 5.73 Å². The second-order valence-electron chi connectivity index (χ2n) is 3.13. The lowest BCUT2D eigenvalue weighted by Crippen LogP contribution is -2.45. The third-order valence-corrected chi connectivity index (χ3v) is 3.15. The van der Waals surface area contributed by atoms with Crippen LogP contribution >= 0.6 is 11.3 Å². The van der Waals surface area contributed by atoms with E-state index in [-0.39, 0.29) is 6.10 Å². The van der Waals surface area contributed by atoms with Gasteiger partial charge >= 0.3 is 0 Å². The average molecular weight is 198 g/mol. The van der Waals surface area contributed by atoms with Gasteiger partial charge in [-0.1, -0.05) is 0 Å². The summed E-state index contributed by atoms with van der Waals surface area (Å²) in [6.45, 7) is 3.32. The highest BCUT2D eigenvalue weighted by Crippen LogP contribution is 2.22. The van der Waals surface area contributed by atoms with Gasteiger partial charge in [0.1, 0.15) is 0 Å². The maximum atomic E-state index is 5.57. The number of hydrogen-bond acceptors (Lipinski definition) is 4. The Morgan fingerprint density at radius 2 is 2.62 bits per heavy atom. The van der Waals surface area contributed by atoms with Crippen molar-refractivity contribution >= 4 is 16.3 Å². The van der Waals surface area contributed by atoms with Crippen LogP contribution in [0.5, 0.6) is 0 Å². The van der Waals surface area contributed by atoms with Crippen molar-refractivity contribution in [2.45, 2.75) is 6.10 Å². The second kappa shape index (κ2) is 4.09. The fraction of sp³-hybridized carbons (Fsp3) is 0.556. The molecule has 0 saturated carbocycles. The van der Waals surface area contributed by atoms with Crippen LogP contribution in [0.3, 0.4) is 0 Å². The lowest BCUT2D eigenvalue weighted by atomic mass is 10.3. The van der Waals surface area contributed by atoms with E-state index in [0.29, 0.717) is 6.54 Å². The van der Waals surface area contributed by atoms with Crippen LogP contribution < -0.4 is 10.6 Å². The summed E-state index contributed by atoms with van der Waals surface area (Å²) in [7, 11) is 0. The van der Waals surface area contributed by atoms with Gasteiger partial charge in [0, 0.05) is 19.6 Å². The van der Waals surface area contributed by atoms with E-state index in [4.69, 9.17) is 10.5 Å². The first kappa shape index (κ1) is 8.99. The summed E-state index contributed by atoms with van der Waals surface area (Å²) >= 11 is 1.77. The van der Waals surface area contributed by atoms with Crippen LogP contribution in [0, 0.1) is 0 Å². The molecule has 0 aromatic carbocycles.